The Morgan fingerprint density at radius 2 is 1.87 bits per heavy atom. The largest absolute Gasteiger partial charge is 0.465 e. The van der Waals surface area contributed by atoms with Crippen LogP contribution in [0.4, 0.5) is 4.39 Å². The van der Waals surface area contributed by atoms with Crippen molar-refractivity contribution in [2.24, 2.45) is 0 Å². The monoisotopic (exact) mass is 337 g/mol. The zero-order valence-corrected chi connectivity index (χ0v) is 13.3. The van der Waals surface area contributed by atoms with Crippen molar-refractivity contribution in [2.45, 2.75) is 11.3 Å². The molecule has 0 saturated heterocycles. The summed E-state index contributed by atoms with van der Waals surface area (Å²) in [6.45, 7) is 0.119. The van der Waals surface area contributed by atoms with E-state index in [0.717, 1.165) is 24.8 Å². The lowest BCUT2D eigenvalue weighted by Gasteiger charge is -2.09. The van der Waals surface area contributed by atoms with Gasteiger partial charge < -0.3 is 4.74 Å². The van der Waals surface area contributed by atoms with Gasteiger partial charge in [-0.1, -0.05) is 30.3 Å². The SMILES string of the molecule is COC(=O)c1ccc(F)c(S(=O)(=O)NCCc2ccccc2)c1. The van der Waals surface area contributed by atoms with Gasteiger partial charge in [0.15, 0.2) is 0 Å². The molecule has 0 fully saturated rings. The number of rotatable bonds is 6. The molecule has 5 nitrogen and oxygen atoms in total. The van der Waals surface area contributed by atoms with Gasteiger partial charge in [-0.3, -0.25) is 0 Å². The predicted octanol–water partition coefficient (Wildman–Crippen LogP) is 2.13. The Morgan fingerprint density at radius 3 is 2.52 bits per heavy atom. The molecule has 0 aliphatic rings. The van der Waals surface area contributed by atoms with Crippen molar-refractivity contribution in [2.75, 3.05) is 13.7 Å². The van der Waals surface area contributed by atoms with E-state index in [2.05, 4.69) is 9.46 Å². The first kappa shape index (κ1) is 17.1. The Morgan fingerprint density at radius 1 is 1.17 bits per heavy atom. The highest BCUT2D eigenvalue weighted by atomic mass is 32.2. The standard InChI is InChI=1S/C16H16FNO4S/c1-22-16(19)13-7-8-14(17)15(11-13)23(20,21)18-10-9-12-5-3-2-4-6-12/h2-8,11,18H,9-10H2,1H3. The van der Waals surface area contributed by atoms with Crippen LogP contribution in [-0.2, 0) is 21.2 Å². The molecule has 0 heterocycles. The van der Waals surface area contributed by atoms with Crippen LogP contribution in [0.1, 0.15) is 15.9 Å². The predicted molar refractivity (Wildman–Crippen MR) is 83.1 cm³/mol. The van der Waals surface area contributed by atoms with Crippen LogP contribution in [0, 0.1) is 5.82 Å². The van der Waals surface area contributed by atoms with Crippen LogP contribution < -0.4 is 4.72 Å². The highest BCUT2D eigenvalue weighted by Crippen LogP contribution is 2.17. The Hall–Kier alpha value is -2.25. The second-order valence-electron chi connectivity index (χ2n) is 4.77. The lowest BCUT2D eigenvalue weighted by molar-refractivity contribution is 0.0600. The van der Waals surface area contributed by atoms with Gasteiger partial charge in [0.05, 0.1) is 12.7 Å². The first-order valence-electron chi connectivity index (χ1n) is 6.85. The number of nitrogens with one attached hydrogen (secondary N) is 1. The molecule has 0 bridgehead atoms. The van der Waals surface area contributed by atoms with Crippen LogP contribution in [0.2, 0.25) is 0 Å². The fourth-order valence-electron chi connectivity index (χ4n) is 2.01. The van der Waals surface area contributed by atoms with Crippen molar-refractivity contribution >= 4 is 16.0 Å². The maximum absolute atomic E-state index is 13.8. The lowest BCUT2D eigenvalue weighted by atomic mass is 10.2. The first-order chi connectivity index (χ1) is 10.9. The number of benzene rings is 2. The van der Waals surface area contributed by atoms with E-state index in [4.69, 9.17) is 0 Å². The first-order valence-corrected chi connectivity index (χ1v) is 8.34. The van der Waals surface area contributed by atoms with Crippen molar-refractivity contribution in [1.82, 2.24) is 4.72 Å². The van der Waals surface area contributed by atoms with E-state index < -0.39 is 26.7 Å². The molecule has 0 amide bonds. The van der Waals surface area contributed by atoms with Crippen molar-refractivity contribution in [3.63, 3.8) is 0 Å². The summed E-state index contributed by atoms with van der Waals surface area (Å²) < 4.78 is 45.1. The van der Waals surface area contributed by atoms with Crippen LogP contribution >= 0.6 is 0 Å². The second kappa shape index (κ2) is 7.34. The normalized spacial score (nSPS) is 11.2. The average molecular weight is 337 g/mol. The van der Waals surface area contributed by atoms with Gasteiger partial charge in [-0.2, -0.15) is 0 Å². The Labute approximate surface area is 134 Å². The minimum Gasteiger partial charge on any atom is -0.465 e. The topological polar surface area (TPSA) is 72.5 Å². The van der Waals surface area contributed by atoms with Crippen molar-refractivity contribution in [1.29, 1.82) is 0 Å². The molecule has 23 heavy (non-hydrogen) atoms. The fraction of sp³-hybridized carbons (Fsp3) is 0.188. The van der Waals surface area contributed by atoms with Crippen molar-refractivity contribution in [3.8, 4) is 0 Å². The number of ether oxygens (including phenoxy) is 1. The molecule has 0 saturated carbocycles. The summed E-state index contributed by atoms with van der Waals surface area (Å²) in [5.41, 5.74) is 0.927. The summed E-state index contributed by atoms with van der Waals surface area (Å²) in [7, 11) is -2.89. The van der Waals surface area contributed by atoms with Gasteiger partial charge in [0.1, 0.15) is 10.7 Å². The van der Waals surface area contributed by atoms with Gasteiger partial charge in [-0.15, -0.1) is 0 Å². The number of carbonyl (C=O) groups excluding carboxylic acids is 1. The Balaban J connectivity index is 2.14. The van der Waals surface area contributed by atoms with E-state index in [-0.39, 0.29) is 12.1 Å². The van der Waals surface area contributed by atoms with E-state index in [1.807, 2.05) is 30.3 Å². The van der Waals surface area contributed by atoms with E-state index in [1.165, 1.54) is 6.07 Å². The number of carbonyl (C=O) groups is 1. The second-order valence-corrected chi connectivity index (χ2v) is 6.51. The van der Waals surface area contributed by atoms with Gasteiger partial charge in [0.2, 0.25) is 10.0 Å². The van der Waals surface area contributed by atoms with Crippen molar-refractivity contribution < 1.29 is 22.3 Å². The minimum atomic E-state index is -4.06. The maximum Gasteiger partial charge on any atom is 0.337 e. The summed E-state index contributed by atoms with van der Waals surface area (Å²) in [6.07, 6.45) is 0.471. The van der Waals surface area contributed by atoms with Gasteiger partial charge >= 0.3 is 5.97 Å². The van der Waals surface area contributed by atoms with Crippen LogP contribution in [0.5, 0.6) is 0 Å². The van der Waals surface area contributed by atoms with E-state index in [0.29, 0.717) is 6.42 Å². The molecule has 0 unspecified atom stereocenters. The van der Waals surface area contributed by atoms with Crippen LogP contribution in [0.25, 0.3) is 0 Å². The highest BCUT2D eigenvalue weighted by molar-refractivity contribution is 7.89. The van der Waals surface area contributed by atoms with Gasteiger partial charge in [0.25, 0.3) is 0 Å². The molecule has 2 rings (SSSR count). The van der Waals surface area contributed by atoms with Gasteiger partial charge in [-0.05, 0) is 30.2 Å². The summed E-state index contributed by atoms with van der Waals surface area (Å²) in [5, 5.41) is 0. The quantitative estimate of drug-likeness (QED) is 0.820. The van der Waals surface area contributed by atoms with Crippen LogP contribution in [0.15, 0.2) is 53.4 Å². The Bertz CT molecular complexity index is 791. The van der Waals surface area contributed by atoms with Gasteiger partial charge in [0, 0.05) is 6.54 Å². The smallest absolute Gasteiger partial charge is 0.337 e. The fourth-order valence-corrected chi connectivity index (χ4v) is 3.14. The summed E-state index contributed by atoms with van der Waals surface area (Å²) in [5.74, 6) is -1.66. The summed E-state index contributed by atoms with van der Waals surface area (Å²) in [6, 6.07) is 12.4. The highest BCUT2D eigenvalue weighted by Gasteiger charge is 2.21. The minimum absolute atomic E-state index is 0.0302. The van der Waals surface area contributed by atoms with E-state index in [9.17, 15) is 17.6 Å². The van der Waals surface area contributed by atoms with Crippen molar-refractivity contribution in [3.05, 3.63) is 65.5 Å². The van der Waals surface area contributed by atoms with Gasteiger partial charge in [-0.25, -0.2) is 22.3 Å². The third-order valence-corrected chi connectivity index (χ3v) is 4.67. The molecular formula is C16H16FNO4S. The molecule has 0 radical (unpaired) electrons. The number of sulfonamides is 1. The molecule has 7 heteroatoms. The summed E-state index contributed by atoms with van der Waals surface area (Å²) in [4.78, 5) is 10.9. The third kappa shape index (κ3) is 4.37. The molecule has 0 aromatic heterocycles. The molecule has 0 atom stereocenters. The molecular weight excluding hydrogens is 321 g/mol. The molecule has 0 aliphatic heterocycles. The average Bonchev–Trinajstić information content (AvgIpc) is 2.55. The van der Waals surface area contributed by atoms with Crippen LogP contribution in [-0.4, -0.2) is 28.0 Å². The number of hydrogen-bond donors (Lipinski definition) is 1. The zero-order valence-electron chi connectivity index (χ0n) is 12.5. The maximum atomic E-state index is 13.8. The molecule has 0 spiro atoms. The molecule has 122 valence electrons. The van der Waals surface area contributed by atoms with E-state index in [1.54, 1.807) is 0 Å². The van der Waals surface area contributed by atoms with Crippen LogP contribution in [0.3, 0.4) is 0 Å². The van der Waals surface area contributed by atoms with E-state index >= 15 is 0 Å². The lowest BCUT2D eigenvalue weighted by Crippen LogP contribution is -2.27. The molecule has 0 aliphatic carbocycles. The number of halogens is 1. The number of methoxy groups -OCH3 is 1. The Kier molecular flexibility index (Phi) is 5.46. The molecule has 2 aromatic rings. The molecule has 2 aromatic carbocycles. The number of hydrogen-bond acceptors (Lipinski definition) is 4. The summed E-state index contributed by atoms with van der Waals surface area (Å²) >= 11 is 0. The third-order valence-electron chi connectivity index (χ3n) is 3.19. The number of esters is 1. The molecule has 1 N–H and O–H groups in total. The zero-order chi connectivity index (χ0) is 16.9.